The number of benzene rings is 2. The van der Waals surface area contributed by atoms with Crippen molar-refractivity contribution in [1.29, 1.82) is 0 Å². The molecular formula is C20H26N2O. The lowest BCUT2D eigenvalue weighted by molar-refractivity contribution is 0.0916. The second kappa shape index (κ2) is 6.86. The number of nitrogen functional groups attached to an aromatic ring is 1. The zero-order chi connectivity index (χ0) is 17.0. The summed E-state index contributed by atoms with van der Waals surface area (Å²) in [5.74, 6) is -0.0642. The van der Waals surface area contributed by atoms with Crippen molar-refractivity contribution in [1.82, 2.24) is 5.32 Å². The third-order valence-electron chi connectivity index (χ3n) is 4.61. The predicted octanol–water partition coefficient (Wildman–Crippen LogP) is 4.06. The fraction of sp³-hybridized carbons (Fsp3) is 0.350. The van der Waals surface area contributed by atoms with Gasteiger partial charge >= 0.3 is 0 Å². The molecule has 0 aromatic heterocycles. The average Bonchev–Trinajstić information content (AvgIpc) is 2.55. The Morgan fingerprint density at radius 2 is 1.83 bits per heavy atom. The molecule has 2 aromatic rings. The van der Waals surface area contributed by atoms with Gasteiger partial charge in [-0.05, 0) is 36.6 Å². The van der Waals surface area contributed by atoms with Crippen LogP contribution >= 0.6 is 0 Å². The summed E-state index contributed by atoms with van der Waals surface area (Å²) in [5, 5.41) is 3.20. The Morgan fingerprint density at radius 3 is 2.43 bits per heavy atom. The van der Waals surface area contributed by atoms with E-state index in [9.17, 15) is 4.79 Å². The van der Waals surface area contributed by atoms with Gasteiger partial charge in [-0.1, -0.05) is 57.2 Å². The molecule has 0 bridgehead atoms. The first kappa shape index (κ1) is 17.1. The Bertz CT molecular complexity index is 677. The summed E-state index contributed by atoms with van der Waals surface area (Å²) in [6.07, 6.45) is 0.856. The van der Waals surface area contributed by atoms with E-state index >= 15 is 0 Å². The van der Waals surface area contributed by atoms with Gasteiger partial charge in [0.1, 0.15) is 0 Å². The van der Waals surface area contributed by atoms with Crippen molar-refractivity contribution < 1.29 is 4.79 Å². The van der Waals surface area contributed by atoms with Gasteiger partial charge in [-0.15, -0.1) is 0 Å². The number of nitrogens with two attached hydrogens (primary N) is 1. The molecule has 1 atom stereocenters. The van der Waals surface area contributed by atoms with Gasteiger partial charge in [-0.2, -0.15) is 0 Å². The van der Waals surface area contributed by atoms with Crippen LogP contribution in [-0.4, -0.2) is 11.9 Å². The van der Waals surface area contributed by atoms with E-state index < -0.39 is 0 Å². The minimum Gasteiger partial charge on any atom is -0.399 e. The lowest BCUT2D eigenvalue weighted by Gasteiger charge is -2.35. The maximum atomic E-state index is 12.7. The van der Waals surface area contributed by atoms with Crippen LogP contribution in [0.25, 0.3) is 0 Å². The smallest absolute Gasteiger partial charge is 0.251 e. The van der Waals surface area contributed by atoms with Crippen molar-refractivity contribution in [2.45, 2.75) is 45.6 Å². The van der Waals surface area contributed by atoms with E-state index in [0.29, 0.717) is 11.3 Å². The number of nitrogens with one attached hydrogen (secondary N) is 1. The van der Waals surface area contributed by atoms with Gasteiger partial charge in [0.2, 0.25) is 0 Å². The Morgan fingerprint density at radius 1 is 1.17 bits per heavy atom. The standard InChI is InChI=1S/C20H26N2O/c1-5-18(20(3,4)15-9-7-6-8-10-15)22-19(23)17-13-16(21)12-11-14(17)2/h6-13,18H,5,21H2,1-4H3,(H,22,23). The molecule has 23 heavy (non-hydrogen) atoms. The molecule has 0 saturated heterocycles. The predicted molar refractivity (Wildman–Crippen MR) is 96.6 cm³/mol. The van der Waals surface area contributed by atoms with Crippen molar-refractivity contribution >= 4 is 11.6 Å². The van der Waals surface area contributed by atoms with Crippen LogP contribution in [0.4, 0.5) is 5.69 Å². The SMILES string of the molecule is CCC(NC(=O)c1cc(N)ccc1C)C(C)(C)c1ccccc1. The van der Waals surface area contributed by atoms with Gasteiger partial charge in [0.05, 0.1) is 0 Å². The summed E-state index contributed by atoms with van der Waals surface area (Å²) in [4.78, 5) is 12.7. The monoisotopic (exact) mass is 310 g/mol. The Kier molecular flexibility index (Phi) is 5.09. The van der Waals surface area contributed by atoms with Crippen LogP contribution in [0.1, 0.15) is 48.7 Å². The van der Waals surface area contributed by atoms with Crippen LogP contribution in [0, 0.1) is 6.92 Å². The van der Waals surface area contributed by atoms with Gasteiger partial charge < -0.3 is 11.1 Å². The van der Waals surface area contributed by atoms with Crippen LogP contribution in [0.5, 0.6) is 0 Å². The molecule has 0 aliphatic rings. The van der Waals surface area contributed by atoms with E-state index in [1.807, 2.05) is 37.3 Å². The molecular weight excluding hydrogens is 284 g/mol. The molecule has 0 radical (unpaired) electrons. The quantitative estimate of drug-likeness (QED) is 0.818. The number of hydrogen-bond acceptors (Lipinski definition) is 2. The highest BCUT2D eigenvalue weighted by Crippen LogP contribution is 2.29. The number of hydrogen-bond donors (Lipinski definition) is 2. The Labute approximate surface area is 138 Å². The fourth-order valence-corrected chi connectivity index (χ4v) is 2.98. The maximum absolute atomic E-state index is 12.7. The third kappa shape index (κ3) is 3.73. The number of carbonyl (C=O) groups excluding carboxylic acids is 1. The summed E-state index contributed by atoms with van der Waals surface area (Å²) in [7, 11) is 0. The maximum Gasteiger partial charge on any atom is 0.251 e. The van der Waals surface area contributed by atoms with Gasteiger partial charge in [0.15, 0.2) is 0 Å². The first-order valence-electron chi connectivity index (χ1n) is 8.08. The molecule has 122 valence electrons. The summed E-state index contributed by atoms with van der Waals surface area (Å²) in [6, 6.07) is 15.8. The molecule has 3 nitrogen and oxygen atoms in total. The van der Waals surface area contributed by atoms with Crippen molar-refractivity contribution in [3.8, 4) is 0 Å². The summed E-state index contributed by atoms with van der Waals surface area (Å²) in [5.41, 5.74) is 9.08. The van der Waals surface area contributed by atoms with E-state index in [-0.39, 0.29) is 17.4 Å². The zero-order valence-electron chi connectivity index (χ0n) is 14.4. The van der Waals surface area contributed by atoms with Gasteiger partial charge in [0.25, 0.3) is 5.91 Å². The molecule has 0 saturated carbocycles. The summed E-state index contributed by atoms with van der Waals surface area (Å²) >= 11 is 0. The van der Waals surface area contributed by atoms with Crippen LogP contribution in [-0.2, 0) is 5.41 Å². The minimum atomic E-state index is -0.153. The molecule has 0 aliphatic heterocycles. The molecule has 0 fully saturated rings. The largest absolute Gasteiger partial charge is 0.399 e. The zero-order valence-corrected chi connectivity index (χ0v) is 14.4. The highest BCUT2D eigenvalue weighted by molar-refractivity contribution is 5.96. The molecule has 0 aliphatic carbocycles. The molecule has 0 spiro atoms. The van der Waals surface area contributed by atoms with Crippen molar-refractivity contribution in [3.63, 3.8) is 0 Å². The van der Waals surface area contributed by atoms with Crippen LogP contribution in [0.3, 0.4) is 0 Å². The topological polar surface area (TPSA) is 55.1 Å². The highest BCUT2D eigenvalue weighted by atomic mass is 16.1. The highest BCUT2D eigenvalue weighted by Gasteiger charge is 2.31. The first-order valence-corrected chi connectivity index (χ1v) is 8.08. The molecule has 0 heterocycles. The Balaban J connectivity index is 2.25. The average molecular weight is 310 g/mol. The van der Waals surface area contributed by atoms with E-state index in [1.54, 1.807) is 6.07 Å². The summed E-state index contributed by atoms with van der Waals surface area (Å²) in [6.45, 7) is 8.37. The van der Waals surface area contributed by atoms with Crippen molar-refractivity contribution in [2.75, 3.05) is 5.73 Å². The normalized spacial score (nSPS) is 12.7. The second-order valence-electron chi connectivity index (χ2n) is 6.60. The lowest BCUT2D eigenvalue weighted by atomic mass is 9.76. The number of aryl methyl sites for hydroxylation is 1. The minimum absolute atomic E-state index is 0.0400. The molecule has 3 N–H and O–H groups in total. The van der Waals surface area contributed by atoms with Crippen molar-refractivity contribution in [3.05, 3.63) is 65.2 Å². The van der Waals surface area contributed by atoms with Crippen LogP contribution in [0.2, 0.25) is 0 Å². The van der Waals surface area contributed by atoms with Gasteiger partial charge in [-0.3, -0.25) is 4.79 Å². The van der Waals surface area contributed by atoms with E-state index in [4.69, 9.17) is 5.73 Å². The Hall–Kier alpha value is -2.29. The number of carbonyl (C=O) groups is 1. The van der Waals surface area contributed by atoms with Crippen LogP contribution in [0.15, 0.2) is 48.5 Å². The first-order chi connectivity index (χ1) is 10.9. The molecule has 1 unspecified atom stereocenters. The van der Waals surface area contributed by atoms with Gasteiger partial charge in [-0.25, -0.2) is 0 Å². The number of anilines is 1. The summed E-state index contributed by atoms with van der Waals surface area (Å²) < 4.78 is 0. The molecule has 1 amide bonds. The lowest BCUT2D eigenvalue weighted by Crippen LogP contribution is -2.47. The number of rotatable bonds is 5. The van der Waals surface area contributed by atoms with E-state index in [1.165, 1.54) is 5.56 Å². The molecule has 2 aromatic carbocycles. The van der Waals surface area contributed by atoms with Crippen molar-refractivity contribution in [2.24, 2.45) is 0 Å². The number of amides is 1. The van der Waals surface area contributed by atoms with Crippen LogP contribution < -0.4 is 11.1 Å². The molecule has 3 heteroatoms. The van der Waals surface area contributed by atoms with E-state index in [0.717, 1.165) is 12.0 Å². The van der Waals surface area contributed by atoms with E-state index in [2.05, 4.69) is 38.2 Å². The third-order valence-corrected chi connectivity index (χ3v) is 4.61. The fourth-order valence-electron chi connectivity index (χ4n) is 2.98. The molecule has 2 rings (SSSR count). The van der Waals surface area contributed by atoms with Gasteiger partial charge in [0, 0.05) is 22.7 Å². The second-order valence-corrected chi connectivity index (χ2v) is 6.60.